The molecule has 1 aromatic rings. The van der Waals surface area contributed by atoms with E-state index in [4.69, 9.17) is 4.74 Å². The summed E-state index contributed by atoms with van der Waals surface area (Å²) in [7, 11) is 0. The fraction of sp³-hybridized carbons (Fsp3) is 0.462. The summed E-state index contributed by atoms with van der Waals surface area (Å²) >= 11 is 0. The van der Waals surface area contributed by atoms with E-state index in [-0.39, 0.29) is 12.5 Å². The zero-order chi connectivity index (χ0) is 14.7. The molecule has 1 aromatic carbocycles. The Hall–Kier alpha value is -1.67. The minimum Gasteiger partial charge on any atom is -0.388 e. The summed E-state index contributed by atoms with van der Waals surface area (Å²) in [5, 5.41) is 34.3. The van der Waals surface area contributed by atoms with Crippen molar-refractivity contribution in [1.82, 2.24) is 0 Å². The molecule has 1 aliphatic heterocycles. The molecule has 5 N–H and O–H groups in total. The van der Waals surface area contributed by atoms with Crippen LogP contribution in [-0.4, -0.2) is 52.4 Å². The van der Waals surface area contributed by atoms with Gasteiger partial charge in [0.1, 0.15) is 18.3 Å². The Kier molecular flexibility index (Phi) is 4.56. The van der Waals surface area contributed by atoms with E-state index < -0.39 is 24.5 Å². The highest BCUT2D eigenvalue weighted by Crippen LogP contribution is 2.20. The average molecular weight is 282 g/mol. The number of hydrogen-bond donors (Lipinski definition) is 5. The van der Waals surface area contributed by atoms with E-state index in [0.29, 0.717) is 11.4 Å². The minimum absolute atomic E-state index is 0.0557. The monoisotopic (exact) mass is 282 g/mol. The molecular weight excluding hydrogens is 264 g/mol. The van der Waals surface area contributed by atoms with Gasteiger partial charge in [-0.3, -0.25) is 4.79 Å². The lowest BCUT2D eigenvalue weighted by molar-refractivity contribution is -0.178. The van der Waals surface area contributed by atoms with Crippen LogP contribution < -0.4 is 10.6 Å². The normalized spacial score (nSPS) is 29.8. The van der Waals surface area contributed by atoms with Crippen molar-refractivity contribution in [1.29, 1.82) is 0 Å². The van der Waals surface area contributed by atoms with Crippen LogP contribution in [0.15, 0.2) is 24.3 Å². The van der Waals surface area contributed by atoms with Crippen molar-refractivity contribution >= 4 is 17.3 Å². The van der Waals surface area contributed by atoms with Gasteiger partial charge in [-0.1, -0.05) is 0 Å². The first kappa shape index (κ1) is 14.7. The Balaban J connectivity index is 1.98. The van der Waals surface area contributed by atoms with Crippen molar-refractivity contribution in [3.05, 3.63) is 24.3 Å². The Morgan fingerprint density at radius 2 is 1.75 bits per heavy atom. The standard InChI is InChI=1S/C13H18N2O5/c1-7(16)14-8-2-4-9(5-3-8)15-13-12(19)11(18)10(17)6-20-13/h2-5,10-13,15,17-19H,6H2,1H3,(H,14,16)/t10-,11+,12-,13+/m1/s1. The molecule has 0 aromatic heterocycles. The van der Waals surface area contributed by atoms with Crippen LogP contribution in [0.4, 0.5) is 11.4 Å². The molecule has 0 unspecified atom stereocenters. The van der Waals surface area contributed by atoms with Crippen LogP contribution >= 0.6 is 0 Å². The van der Waals surface area contributed by atoms with Gasteiger partial charge in [0, 0.05) is 18.3 Å². The maximum atomic E-state index is 10.9. The summed E-state index contributed by atoms with van der Waals surface area (Å²) in [4.78, 5) is 10.9. The molecule has 0 spiro atoms. The molecule has 0 radical (unpaired) electrons. The van der Waals surface area contributed by atoms with Gasteiger partial charge in [-0.2, -0.15) is 0 Å². The maximum Gasteiger partial charge on any atom is 0.221 e. The van der Waals surface area contributed by atoms with E-state index in [1.54, 1.807) is 24.3 Å². The topological polar surface area (TPSA) is 111 Å². The summed E-state index contributed by atoms with van der Waals surface area (Å²) in [6.45, 7) is 1.37. The predicted molar refractivity (Wildman–Crippen MR) is 72.1 cm³/mol. The molecule has 0 bridgehead atoms. The Morgan fingerprint density at radius 3 is 2.35 bits per heavy atom. The second-order valence-corrected chi connectivity index (χ2v) is 4.71. The van der Waals surface area contributed by atoms with E-state index >= 15 is 0 Å². The lowest BCUT2D eigenvalue weighted by Crippen LogP contribution is -2.55. The molecule has 0 aliphatic carbocycles. The van der Waals surface area contributed by atoms with Gasteiger partial charge in [0.2, 0.25) is 5.91 Å². The molecule has 0 saturated carbocycles. The molecule has 1 saturated heterocycles. The van der Waals surface area contributed by atoms with Crippen molar-refractivity contribution < 1.29 is 24.9 Å². The van der Waals surface area contributed by atoms with Crippen LogP contribution in [0.25, 0.3) is 0 Å². The second-order valence-electron chi connectivity index (χ2n) is 4.71. The van der Waals surface area contributed by atoms with Crippen LogP contribution in [0.3, 0.4) is 0 Å². The van der Waals surface area contributed by atoms with Crippen LogP contribution in [0, 0.1) is 0 Å². The van der Waals surface area contributed by atoms with Gasteiger partial charge in [0.05, 0.1) is 6.61 Å². The molecule has 1 fully saturated rings. The lowest BCUT2D eigenvalue weighted by atomic mass is 10.0. The summed E-state index contributed by atoms with van der Waals surface area (Å²) in [6, 6.07) is 6.81. The lowest BCUT2D eigenvalue weighted by Gasteiger charge is -2.35. The number of nitrogens with one attached hydrogen (secondary N) is 2. The van der Waals surface area contributed by atoms with Crippen LogP contribution in [0.1, 0.15) is 6.92 Å². The van der Waals surface area contributed by atoms with Gasteiger partial charge in [0.15, 0.2) is 6.23 Å². The SMILES string of the molecule is CC(=O)Nc1ccc(N[C@H]2OC[C@@H](O)[C@H](O)[C@H]2O)cc1. The first-order chi connectivity index (χ1) is 9.47. The van der Waals surface area contributed by atoms with Gasteiger partial charge in [-0.05, 0) is 24.3 Å². The molecule has 1 heterocycles. The summed E-state index contributed by atoms with van der Waals surface area (Å²) in [5.74, 6) is -0.158. The number of aliphatic hydroxyl groups excluding tert-OH is 3. The molecule has 7 nitrogen and oxygen atoms in total. The van der Waals surface area contributed by atoms with Gasteiger partial charge in [-0.15, -0.1) is 0 Å². The Morgan fingerprint density at radius 1 is 1.15 bits per heavy atom. The number of carbonyl (C=O) groups excluding carboxylic acids is 1. The summed E-state index contributed by atoms with van der Waals surface area (Å²) < 4.78 is 5.23. The first-order valence-corrected chi connectivity index (χ1v) is 6.27. The van der Waals surface area contributed by atoms with Crippen molar-refractivity contribution in [3.8, 4) is 0 Å². The number of amides is 1. The number of aliphatic hydroxyl groups is 3. The number of rotatable bonds is 3. The van der Waals surface area contributed by atoms with Crippen LogP contribution in [0.5, 0.6) is 0 Å². The summed E-state index contributed by atoms with van der Waals surface area (Å²) in [5.41, 5.74) is 1.32. The third-order valence-electron chi connectivity index (χ3n) is 3.02. The van der Waals surface area contributed by atoms with E-state index in [1.807, 2.05) is 0 Å². The van der Waals surface area contributed by atoms with Gasteiger partial charge in [-0.25, -0.2) is 0 Å². The minimum atomic E-state index is -1.25. The number of benzene rings is 1. The smallest absolute Gasteiger partial charge is 0.221 e. The van der Waals surface area contributed by atoms with E-state index in [1.165, 1.54) is 6.92 Å². The van der Waals surface area contributed by atoms with Crippen LogP contribution in [-0.2, 0) is 9.53 Å². The molecular formula is C13H18N2O5. The number of anilines is 2. The molecule has 7 heteroatoms. The molecule has 110 valence electrons. The second kappa shape index (κ2) is 6.19. The highest BCUT2D eigenvalue weighted by molar-refractivity contribution is 5.88. The molecule has 2 rings (SSSR count). The van der Waals surface area contributed by atoms with Crippen molar-refractivity contribution in [2.45, 2.75) is 31.5 Å². The first-order valence-electron chi connectivity index (χ1n) is 6.27. The fourth-order valence-corrected chi connectivity index (χ4v) is 1.95. The molecule has 1 aliphatic rings. The largest absolute Gasteiger partial charge is 0.388 e. The van der Waals surface area contributed by atoms with E-state index in [9.17, 15) is 20.1 Å². The number of hydrogen-bond acceptors (Lipinski definition) is 6. The van der Waals surface area contributed by atoms with Gasteiger partial charge in [0.25, 0.3) is 0 Å². The molecule has 20 heavy (non-hydrogen) atoms. The molecule has 1 amide bonds. The Bertz CT molecular complexity index is 464. The summed E-state index contributed by atoms with van der Waals surface area (Å²) in [6.07, 6.45) is -4.38. The van der Waals surface area contributed by atoms with Crippen molar-refractivity contribution in [3.63, 3.8) is 0 Å². The average Bonchev–Trinajstić information content (AvgIpc) is 2.41. The Labute approximate surface area is 116 Å². The van der Waals surface area contributed by atoms with E-state index in [0.717, 1.165) is 0 Å². The van der Waals surface area contributed by atoms with Gasteiger partial charge < -0.3 is 30.7 Å². The van der Waals surface area contributed by atoms with Gasteiger partial charge >= 0.3 is 0 Å². The number of ether oxygens (including phenoxy) is 1. The van der Waals surface area contributed by atoms with Crippen molar-refractivity contribution in [2.75, 3.05) is 17.2 Å². The number of carbonyl (C=O) groups is 1. The van der Waals surface area contributed by atoms with Crippen LogP contribution in [0.2, 0.25) is 0 Å². The highest BCUT2D eigenvalue weighted by Gasteiger charge is 2.37. The molecule has 4 atom stereocenters. The fourth-order valence-electron chi connectivity index (χ4n) is 1.95. The maximum absolute atomic E-state index is 10.9. The van der Waals surface area contributed by atoms with Crippen molar-refractivity contribution in [2.24, 2.45) is 0 Å². The zero-order valence-electron chi connectivity index (χ0n) is 11.0. The van der Waals surface area contributed by atoms with E-state index in [2.05, 4.69) is 10.6 Å². The predicted octanol–water partition coefficient (Wildman–Crippen LogP) is -0.504. The third kappa shape index (κ3) is 3.45. The highest BCUT2D eigenvalue weighted by atomic mass is 16.5. The third-order valence-corrected chi connectivity index (χ3v) is 3.02. The quantitative estimate of drug-likeness (QED) is 0.511. The zero-order valence-corrected chi connectivity index (χ0v) is 11.0.